The van der Waals surface area contributed by atoms with Gasteiger partial charge in [0.1, 0.15) is 5.60 Å². The van der Waals surface area contributed by atoms with Crippen LogP contribution in [0.5, 0.6) is 0 Å². The normalized spacial score (nSPS) is 16.4. The van der Waals surface area contributed by atoms with Crippen molar-refractivity contribution in [3.05, 3.63) is 24.3 Å². The molecular formula is C16H25BN2O4. The first kappa shape index (κ1) is 17.8. The van der Waals surface area contributed by atoms with Crippen LogP contribution in [0.1, 0.15) is 20.8 Å². The lowest BCUT2D eigenvalue weighted by molar-refractivity contribution is 0.0589. The molecule has 0 unspecified atom stereocenters. The molecule has 1 N–H and O–H groups in total. The minimum absolute atomic E-state index is 0.363. The van der Waals surface area contributed by atoms with E-state index >= 15 is 0 Å². The Morgan fingerprint density at radius 1 is 1.17 bits per heavy atom. The lowest BCUT2D eigenvalue weighted by Gasteiger charge is -2.25. The number of amides is 1. The van der Waals surface area contributed by atoms with Gasteiger partial charge in [-0.05, 0) is 38.4 Å². The van der Waals surface area contributed by atoms with Crippen molar-refractivity contribution in [2.24, 2.45) is 0 Å². The average molecular weight is 320 g/mol. The van der Waals surface area contributed by atoms with Gasteiger partial charge in [0.2, 0.25) is 0 Å². The van der Waals surface area contributed by atoms with Crippen LogP contribution in [0.25, 0.3) is 0 Å². The van der Waals surface area contributed by atoms with Gasteiger partial charge in [0, 0.05) is 39.0 Å². The van der Waals surface area contributed by atoms with Crippen molar-refractivity contribution in [2.45, 2.75) is 26.4 Å². The lowest BCUT2D eigenvalue weighted by atomic mass is 9.78. The summed E-state index contributed by atoms with van der Waals surface area (Å²) in [6, 6.07) is 7.55. The highest BCUT2D eigenvalue weighted by atomic mass is 16.6. The standard InChI is InChI=1S/C16H25BN2O4/c1-16(2,3)23-15(20)19(4)14-7-5-13(6-8-14)17-21-11-9-18-10-12-22-17/h5-8,18H,9-12H2,1-4H3. The molecule has 2 rings (SSSR count). The number of hydrogen-bond acceptors (Lipinski definition) is 5. The molecule has 1 aromatic carbocycles. The molecule has 1 fully saturated rings. The van der Waals surface area contributed by atoms with Crippen molar-refractivity contribution in [2.75, 3.05) is 38.3 Å². The molecule has 0 aromatic heterocycles. The zero-order valence-corrected chi connectivity index (χ0v) is 14.3. The molecule has 0 saturated carbocycles. The van der Waals surface area contributed by atoms with Crippen LogP contribution in [-0.2, 0) is 14.0 Å². The van der Waals surface area contributed by atoms with E-state index in [-0.39, 0.29) is 13.2 Å². The minimum Gasteiger partial charge on any atom is -0.443 e. The number of carbonyl (C=O) groups excluding carboxylic acids is 1. The summed E-state index contributed by atoms with van der Waals surface area (Å²) in [4.78, 5) is 13.6. The summed E-state index contributed by atoms with van der Waals surface area (Å²) in [7, 11) is 1.33. The maximum absolute atomic E-state index is 12.1. The highest BCUT2D eigenvalue weighted by Crippen LogP contribution is 2.16. The molecule has 23 heavy (non-hydrogen) atoms. The Labute approximate surface area is 138 Å². The Morgan fingerprint density at radius 3 is 2.26 bits per heavy atom. The first-order chi connectivity index (χ1) is 10.9. The van der Waals surface area contributed by atoms with Crippen molar-refractivity contribution in [1.29, 1.82) is 0 Å². The van der Waals surface area contributed by atoms with Crippen LogP contribution < -0.4 is 15.7 Å². The second kappa shape index (κ2) is 7.81. The summed E-state index contributed by atoms with van der Waals surface area (Å²) in [6.45, 7) is 8.38. The van der Waals surface area contributed by atoms with E-state index in [0.29, 0.717) is 13.2 Å². The molecular weight excluding hydrogens is 295 g/mol. The van der Waals surface area contributed by atoms with Gasteiger partial charge in [-0.1, -0.05) is 12.1 Å². The third-order valence-corrected chi connectivity index (χ3v) is 3.32. The van der Waals surface area contributed by atoms with E-state index in [9.17, 15) is 4.79 Å². The van der Waals surface area contributed by atoms with Crippen LogP contribution in [-0.4, -0.2) is 52.2 Å². The third kappa shape index (κ3) is 5.53. The van der Waals surface area contributed by atoms with Gasteiger partial charge in [-0.15, -0.1) is 0 Å². The van der Waals surface area contributed by atoms with E-state index in [1.165, 1.54) is 4.90 Å². The van der Waals surface area contributed by atoms with Crippen molar-refractivity contribution in [3.8, 4) is 0 Å². The van der Waals surface area contributed by atoms with Crippen LogP contribution >= 0.6 is 0 Å². The number of carbonyl (C=O) groups is 1. The van der Waals surface area contributed by atoms with Crippen LogP contribution in [0.15, 0.2) is 24.3 Å². The Balaban J connectivity index is 2.01. The molecule has 0 atom stereocenters. The largest absolute Gasteiger partial charge is 0.493 e. The molecule has 0 bridgehead atoms. The van der Waals surface area contributed by atoms with E-state index in [1.807, 2.05) is 45.0 Å². The van der Waals surface area contributed by atoms with E-state index in [1.54, 1.807) is 7.05 Å². The van der Waals surface area contributed by atoms with Crippen molar-refractivity contribution < 1.29 is 18.8 Å². The number of benzene rings is 1. The smallest absolute Gasteiger partial charge is 0.443 e. The molecule has 1 aromatic rings. The molecule has 1 heterocycles. The predicted molar refractivity (Wildman–Crippen MR) is 91.2 cm³/mol. The summed E-state index contributed by atoms with van der Waals surface area (Å²) in [6.07, 6.45) is -0.380. The van der Waals surface area contributed by atoms with Gasteiger partial charge in [0.05, 0.1) is 0 Å². The Bertz CT molecular complexity index is 508. The van der Waals surface area contributed by atoms with E-state index in [0.717, 1.165) is 24.2 Å². The van der Waals surface area contributed by atoms with Crippen LogP contribution in [0, 0.1) is 0 Å². The number of anilines is 1. The van der Waals surface area contributed by atoms with E-state index in [4.69, 9.17) is 14.0 Å². The maximum atomic E-state index is 12.1. The Morgan fingerprint density at radius 2 is 1.74 bits per heavy atom. The van der Waals surface area contributed by atoms with Gasteiger partial charge in [-0.2, -0.15) is 0 Å². The summed E-state index contributed by atoms with van der Waals surface area (Å²) < 4.78 is 16.7. The molecule has 6 nitrogen and oxygen atoms in total. The first-order valence-electron chi connectivity index (χ1n) is 7.87. The Kier molecular flexibility index (Phi) is 6.04. The van der Waals surface area contributed by atoms with Gasteiger partial charge in [-0.3, -0.25) is 4.90 Å². The average Bonchev–Trinajstić information content (AvgIpc) is 2.45. The molecule has 126 valence electrons. The van der Waals surface area contributed by atoms with Gasteiger partial charge in [0.25, 0.3) is 0 Å². The van der Waals surface area contributed by atoms with Crippen LogP contribution in [0.3, 0.4) is 0 Å². The summed E-state index contributed by atoms with van der Waals surface area (Å²) in [5, 5.41) is 3.21. The molecule has 0 spiro atoms. The molecule has 7 heteroatoms. The summed E-state index contributed by atoms with van der Waals surface area (Å²) >= 11 is 0. The second-order valence-electron chi connectivity index (χ2n) is 6.45. The fourth-order valence-electron chi connectivity index (χ4n) is 2.13. The quantitative estimate of drug-likeness (QED) is 0.835. The number of nitrogens with one attached hydrogen (secondary N) is 1. The fraction of sp³-hybridized carbons (Fsp3) is 0.562. The SMILES string of the molecule is CN(C(=O)OC(C)(C)C)c1ccc(B2OCCNCCO2)cc1. The van der Waals surface area contributed by atoms with Crippen molar-refractivity contribution >= 4 is 24.4 Å². The molecule has 1 amide bonds. The topological polar surface area (TPSA) is 60.0 Å². The zero-order chi connectivity index (χ0) is 16.9. The number of hydrogen-bond donors (Lipinski definition) is 1. The first-order valence-corrected chi connectivity index (χ1v) is 7.87. The predicted octanol–water partition coefficient (Wildman–Crippen LogP) is 1.39. The highest BCUT2D eigenvalue weighted by molar-refractivity contribution is 6.61. The number of rotatable bonds is 2. The summed E-state index contributed by atoms with van der Waals surface area (Å²) in [5.41, 5.74) is 1.18. The number of ether oxygens (including phenoxy) is 1. The number of nitrogens with zero attached hydrogens (tertiary/aromatic N) is 1. The third-order valence-electron chi connectivity index (χ3n) is 3.32. The van der Waals surface area contributed by atoms with Crippen LogP contribution in [0.2, 0.25) is 0 Å². The van der Waals surface area contributed by atoms with Gasteiger partial charge in [0.15, 0.2) is 0 Å². The second-order valence-corrected chi connectivity index (χ2v) is 6.45. The molecule has 1 saturated heterocycles. The lowest BCUT2D eigenvalue weighted by Crippen LogP contribution is -2.43. The summed E-state index contributed by atoms with van der Waals surface area (Å²) in [5.74, 6) is 0. The maximum Gasteiger partial charge on any atom is 0.493 e. The fourth-order valence-corrected chi connectivity index (χ4v) is 2.13. The van der Waals surface area contributed by atoms with Crippen molar-refractivity contribution in [3.63, 3.8) is 0 Å². The molecule has 0 radical (unpaired) electrons. The van der Waals surface area contributed by atoms with Gasteiger partial charge in [-0.25, -0.2) is 4.79 Å². The van der Waals surface area contributed by atoms with E-state index in [2.05, 4.69) is 5.32 Å². The molecule has 0 aliphatic carbocycles. The van der Waals surface area contributed by atoms with Crippen LogP contribution in [0.4, 0.5) is 10.5 Å². The highest BCUT2D eigenvalue weighted by Gasteiger charge is 2.24. The van der Waals surface area contributed by atoms with Crippen molar-refractivity contribution in [1.82, 2.24) is 5.32 Å². The monoisotopic (exact) mass is 320 g/mol. The minimum atomic E-state index is -0.514. The Hall–Kier alpha value is -1.57. The molecule has 1 aliphatic rings. The molecule has 1 aliphatic heterocycles. The van der Waals surface area contributed by atoms with Gasteiger partial charge >= 0.3 is 13.2 Å². The van der Waals surface area contributed by atoms with Gasteiger partial charge < -0.3 is 19.4 Å². The van der Waals surface area contributed by atoms with E-state index < -0.39 is 5.60 Å². The zero-order valence-electron chi connectivity index (χ0n) is 14.3.